The minimum Gasteiger partial charge on any atom is -0.488 e. The van der Waals surface area contributed by atoms with E-state index in [1.807, 2.05) is 19.2 Å². The summed E-state index contributed by atoms with van der Waals surface area (Å²) in [6, 6.07) is 3.79. The van der Waals surface area contributed by atoms with Crippen LogP contribution in [0.5, 0.6) is 5.75 Å². The molecule has 0 fully saturated rings. The molecule has 0 bridgehead atoms. The highest BCUT2D eigenvalue weighted by Gasteiger charge is 2.17. The van der Waals surface area contributed by atoms with E-state index in [9.17, 15) is 0 Å². The van der Waals surface area contributed by atoms with Crippen molar-refractivity contribution in [3.8, 4) is 5.75 Å². The van der Waals surface area contributed by atoms with Gasteiger partial charge in [0.05, 0.1) is 16.7 Å². The number of nitrogens with two attached hydrogens (primary N) is 1. The van der Waals surface area contributed by atoms with Crippen molar-refractivity contribution in [2.24, 2.45) is 0 Å². The molecule has 0 atom stereocenters. The standard InChI is InChI=1S/C9H11BrN2O/c1-12-2-3-13-9-7(10)4-6(11)5-8(9)12/h4-5H,2-3,11H2,1H3. The Morgan fingerprint density at radius 3 is 3.08 bits per heavy atom. The molecule has 1 aliphatic heterocycles. The van der Waals surface area contributed by atoms with Gasteiger partial charge in [0, 0.05) is 12.7 Å². The van der Waals surface area contributed by atoms with Crippen molar-refractivity contribution in [2.75, 3.05) is 30.8 Å². The van der Waals surface area contributed by atoms with Gasteiger partial charge >= 0.3 is 0 Å². The van der Waals surface area contributed by atoms with Crippen molar-refractivity contribution in [2.45, 2.75) is 0 Å². The van der Waals surface area contributed by atoms with Crippen molar-refractivity contribution in [3.63, 3.8) is 0 Å². The van der Waals surface area contributed by atoms with Crippen molar-refractivity contribution in [3.05, 3.63) is 16.6 Å². The molecule has 0 aromatic heterocycles. The first-order valence-corrected chi connectivity index (χ1v) is 4.91. The van der Waals surface area contributed by atoms with Gasteiger partial charge in [0.2, 0.25) is 0 Å². The Morgan fingerprint density at radius 1 is 1.54 bits per heavy atom. The fourth-order valence-corrected chi connectivity index (χ4v) is 2.01. The average Bonchev–Trinajstić information content (AvgIpc) is 2.07. The number of nitrogen functional groups attached to an aromatic ring is 1. The zero-order chi connectivity index (χ0) is 9.42. The maximum Gasteiger partial charge on any atom is 0.156 e. The average molecular weight is 243 g/mol. The summed E-state index contributed by atoms with van der Waals surface area (Å²) in [7, 11) is 2.03. The van der Waals surface area contributed by atoms with Crippen molar-refractivity contribution >= 4 is 27.3 Å². The van der Waals surface area contributed by atoms with Gasteiger partial charge < -0.3 is 15.4 Å². The minimum atomic E-state index is 0.728. The summed E-state index contributed by atoms with van der Waals surface area (Å²) >= 11 is 3.43. The van der Waals surface area contributed by atoms with Crippen molar-refractivity contribution in [1.82, 2.24) is 0 Å². The van der Waals surface area contributed by atoms with E-state index in [1.165, 1.54) is 0 Å². The number of nitrogens with zero attached hydrogens (tertiary/aromatic N) is 1. The first-order chi connectivity index (χ1) is 6.18. The van der Waals surface area contributed by atoms with E-state index in [-0.39, 0.29) is 0 Å². The molecule has 2 rings (SSSR count). The molecule has 2 N–H and O–H groups in total. The van der Waals surface area contributed by atoms with E-state index in [1.54, 1.807) is 0 Å². The van der Waals surface area contributed by atoms with Gasteiger partial charge in [-0.1, -0.05) is 0 Å². The van der Waals surface area contributed by atoms with Crippen molar-refractivity contribution < 1.29 is 4.74 Å². The molecule has 0 aliphatic carbocycles. The number of anilines is 2. The predicted molar refractivity (Wildman–Crippen MR) is 57.3 cm³/mol. The number of hydrogen-bond donors (Lipinski definition) is 1. The lowest BCUT2D eigenvalue weighted by atomic mass is 10.2. The fraction of sp³-hybridized carbons (Fsp3) is 0.333. The normalized spacial score (nSPS) is 15.1. The van der Waals surface area contributed by atoms with Crippen LogP contribution in [0.4, 0.5) is 11.4 Å². The number of rotatable bonds is 0. The summed E-state index contributed by atoms with van der Waals surface area (Å²) in [6.07, 6.45) is 0. The number of likely N-dealkylation sites (N-methyl/N-ethyl adjacent to an activating group) is 1. The summed E-state index contributed by atoms with van der Waals surface area (Å²) in [5.41, 5.74) is 7.54. The van der Waals surface area contributed by atoms with Gasteiger partial charge in [0.1, 0.15) is 6.61 Å². The lowest BCUT2D eigenvalue weighted by Gasteiger charge is -2.28. The Kier molecular flexibility index (Phi) is 2.07. The molecule has 0 amide bonds. The molecule has 1 aromatic carbocycles. The molecule has 0 radical (unpaired) electrons. The highest BCUT2D eigenvalue weighted by molar-refractivity contribution is 9.10. The Bertz CT molecular complexity index is 341. The topological polar surface area (TPSA) is 38.5 Å². The van der Waals surface area contributed by atoms with Crippen LogP contribution in [-0.2, 0) is 0 Å². The van der Waals surface area contributed by atoms with Gasteiger partial charge in [-0.2, -0.15) is 0 Å². The predicted octanol–water partition coefficient (Wildman–Crippen LogP) is 1.86. The van der Waals surface area contributed by atoms with Crippen LogP contribution in [0.2, 0.25) is 0 Å². The van der Waals surface area contributed by atoms with Gasteiger partial charge in [0.15, 0.2) is 5.75 Å². The lowest BCUT2D eigenvalue weighted by Crippen LogP contribution is -2.29. The van der Waals surface area contributed by atoms with Crippen LogP contribution in [0, 0.1) is 0 Å². The van der Waals surface area contributed by atoms with Gasteiger partial charge in [0.25, 0.3) is 0 Å². The minimum absolute atomic E-state index is 0.728. The van der Waals surface area contributed by atoms with Gasteiger partial charge in [-0.25, -0.2) is 0 Å². The number of benzene rings is 1. The Balaban J connectivity index is 2.56. The number of halogens is 1. The first-order valence-electron chi connectivity index (χ1n) is 4.11. The maximum absolute atomic E-state index is 5.73. The molecule has 4 heteroatoms. The quantitative estimate of drug-likeness (QED) is 0.707. The zero-order valence-corrected chi connectivity index (χ0v) is 8.97. The second kappa shape index (κ2) is 3.10. The highest BCUT2D eigenvalue weighted by Crippen LogP contribution is 2.39. The Labute approximate surface area is 85.6 Å². The number of hydrogen-bond acceptors (Lipinski definition) is 3. The van der Waals surface area contributed by atoms with Crippen LogP contribution in [0.3, 0.4) is 0 Å². The maximum atomic E-state index is 5.73. The third-order valence-corrected chi connectivity index (χ3v) is 2.72. The molecule has 0 spiro atoms. The molecule has 3 nitrogen and oxygen atoms in total. The van der Waals surface area contributed by atoms with Gasteiger partial charge in [-0.15, -0.1) is 0 Å². The molecule has 70 valence electrons. The van der Waals surface area contributed by atoms with Gasteiger partial charge in [-0.05, 0) is 28.1 Å². The molecular formula is C9H11BrN2O. The van der Waals surface area contributed by atoms with E-state index in [2.05, 4.69) is 20.8 Å². The van der Waals surface area contributed by atoms with Crippen LogP contribution in [0.25, 0.3) is 0 Å². The van der Waals surface area contributed by atoms with Gasteiger partial charge in [-0.3, -0.25) is 0 Å². The monoisotopic (exact) mass is 242 g/mol. The molecule has 13 heavy (non-hydrogen) atoms. The van der Waals surface area contributed by atoms with E-state index < -0.39 is 0 Å². The van der Waals surface area contributed by atoms with Crippen LogP contribution < -0.4 is 15.4 Å². The van der Waals surface area contributed by atoms with E-state index in [0.29, 0.717) is 0 Å². The molecule has 0 unspecified atom stereocenters. The number of fused-ring (bicyclic) bond motifs is 1. The molecule has 0 saturated carbocycles. The largest absolute Gasteiger partial charge is 0.488 e. The van der Waals surface area contributed by atoms with Crippen LogP contribution in [0.1, 0.15) is 0 Å². The second-order valence-electron chi connectivity index (χ2n) is 3.12. The summed E-state index contributed by atoms with van der Waals surface area (Å²) < 4.78 is 6.46. The third kappa shape index (κ3) is 1.46. The Morgan fingerprint density at radius 2 is 2.31 bits per heavy atom. The molecular weight excluding hydrogens is 232 g/mol. The lowest BCUT2D eigenvalue weighted by molar-refractivity contribution is 0.309. The summed E-state index contributed by atoms with van der Waals surface area (Å²) in [5, 5.41) is 0. The van der Waals surface area contributed by atoms with Crippen LogP contribution in [-0.4, -0.2) is 20.2 Å². The van der Waals surface area contributed by atoms with Crippen molar-refractivity contribution in [1.29, 1.82) is 0 Å². The fourth-order valence-electron chi connectivity index (χ4n) is 1.43. The number of ether oxygens (including phenoxy) is 1. The molecule has 1 aromatic rings. The summed E-state index contributed by atoms with van der Waals surface area (Å²) in [6.45, 7) is 1.63. The smallest absolute Gasteiger partial charge is 0.156 e. The van der Waals surface area contributed by atoms with Crippen LogP contribution >= 0.6 is 15.9 Å². The first kappa shape index (κ1) is 8.69. The third-order valence-electron chi connectivity index (χ3n) is 2.13. The van der Waals surface area contributed by atoms with E-state index in [0.717, 1.165) is 34.7 Å². The SMILES string of the molecule is CN1CCOc2c(Br)cc(N)cc21. The molecule has 1 aliphatic rings. The molecule has 0 saturated heterocycles. The second-order valence-corrected chi connectivity index (χ2v) is 3.98. The van der Waals surface area contributed by atoms with E-state index in [4.69, 9.17) is 10.5 Å². The summed E-state index contributed by atoms with van der Waals surface area (Å²) in [5.74, 6) is 0.892. The summed E-state index contributed by atoms with van der Waals surface area (Å²) in [4.78, 5) is 2.14. The van der Waals surface area contributed by atoms with Crippen LogP contribution in [0.15, 0.2) is 16.6 Å². The van der Waals surface area contributed by atoms with E-state index >= 15 is 0 Å². The zero-order valence-electron chi connectivity index (χ0n) is 7.38. The molecule has 1 heterocycles. The Hall–Kier alpha value is -0.900. The highest BCUT2D eigenvalue weighted by atomic mass is 79.9.